The molecule has 0 fully saturated rings. The van der Waals surface area contributed by atoms with Crippen molar-refractivity contribution >= 4 is 6.08 Å². The Bertz CT molecular complexity index is 482. The molecule has 2 aromatic rings. The minimum absolute atomic E-state index is 0.408. The van der Waals surface area contributed by atoms with E-state index < -0.39 is 0 Å². The monoisotopic (exact) mass is 201 g/mol. The third-order valence-electron chi connectivity index (χ3n) is 1.94. The molecule has 0 aromatic carbocycles. The van der Waals surface area contributed by atoms with Crippen LogP contribution in [0.1, 0.15) is 17.1 Å². The lowest BCUT2D eigenvalue weighted by atomic mass is 10.2. The van der Waals surface area contributed by atoms with Crippen LogP contribution >= 0.6 is 0 Å². The predicted molar refractivity (Wildman–Crippen MR) is 57.1 cm³/mol. The molecule has 0 aliphatic heterocycles. The Labute approximate surface area is 87.7 Å². The first-order valence-corrected chi connectivity index (χ1v) is 4.61. The van der Waals surface area contributed by atoms with Gasteiger partial charge in [-0.25, -0.2) is 4.98 Å². The molecule has 0 unspecified atom stereocenters. The molecule has 0 saturated heterocycles. The highest BCUT2D eigenvalue weighted by Crippen LogP contribution is 2.15. The van der Waals surface area contributed by atoms with Crippen molar-refractivity contribution in [3.05, 3.63) is 35.9 Å². The third-order valence-corrected chi connectivity index (χ3v) is 1.94. The van der Waals surface area contributed by atoms with Crippen LogP contribution in [0.4, 0.5) is 0 Å². The first kappa shape index (κ1) is 9.58. The number of pyridine rings is 1. The van der Waals surface area contributed by atoms with Crippen molar-refractivity contribution in [2.24, 2.45) is 0 Å². The van der Waals surface area contributed by atoms with Gasteiger partial charge in [0.1, 0.15) is 5.69 Å². The highest BCUT2D eigenvalue weighted by atomic mass is 16.5. The standard InChI is InChI=1S/C11H11N3O/c1-4-10-13-11(14-15-10)9-6-7(2)5-8(3)12-9/h4-6H,1H2,2-3H3. The van der Waals surface area contributed by atoms with Crippen LogP contribution in [-0.2, 0) is 0 Å². The van der Waals surface area contributed by atoms with Gasteiger partial charge in [0.05, 0.1) is 0 Å². The molecule has 0 aliphatic rings. The molecule has 4 heteroatoms. The van der Waals surface area contributed by atoms with Crippen molar-refractivity contribution in [2.45, 2.75) is 13.8 Å². The van der Waals surface area contributed by atoms with Crippen LogP contribution in [0.3, 0.4) is 0 Å². The van der Waals surface area contributed by atoms with Crippen LogP contribution in [0.2, 0.25) is 0 Å². The number of rotatable bonds is 2. The van der Waals surface area contributed by atoms with E-state index in [1.807, 2.05) is 26.0 Å². The summed E-state index contributed by atoms with van der Waals surface area (Å²) in [7, 11) is 0. The van der Waals surface area contributed by atoms with E-state index in [0.717, 1.165) is 17.0 Å². The predicted octanol–water partition coefficient (Wildman–Crippen LogP) is 2.39. The van der Waals surface area contributed by atoms with Gasteiger partial charge in [0.15, 0.2) is 0 Å². The zero-order valence-corrected chi connectivity index (χ0v) is 8.69. The highest BCUT2D eigenvalue weighted by molar-refractivity contribution is 5.51. The van der Waals surface area contributed by atoms with Gasteiger partial charge in [0.25, 0.3) is 0 Å². The molecule has 2 rings (SSSR count). The Morgan fingerprint density at radius 2 is 2.07 bits per heavy atom. The van der Waals surface area contributed by atoms with Crippen molar-refractivity contribution in [1.82, 2.24) is 15.1 Å². The van der Waals surface area contributed by atoms with E-state index in [1.165, 1.54) is 6.08 Å². The van der Waals surface area contributed by atoms with E-state index in [9.17, 15) is 0 Å². The Kier molecular flexibility index (Phi) is 2.33. The van der Waals surface area contributed by atoms with Crippen molar-refractivity contribution in [3.63, 3.8) is 0 Å². The minimum atomic E-state index is 0.408. The summed E-state index contributed by atoms with van der Waals surface area (Å²) in [5, 5.41) is 3.82. The van der Waals surface area contributed by atoms with Crippen LogP contribution in [0.15, 0.2) is 23.2 Å². The summed E-state index contributed by atoms with van der Waals surface area (Å²) in [4.78, 5) is 8.46. The summed E-state index contributed by atoms with van der Waals surface area (Å²) in [6, 6.07) is 3.92. The quantitative estimate of drug-likeness (QED) is 0.748. The normalized spacial score (nSPS) is 10.3. The zero-order valence-electron chi connectivity index (χ0n) is 8.69. The van der Waals surface area contributed by atoms with Crippen LogP contribution in [-0.4, -0.2) is 15.1 Å². The van der Waals surface area contributed by atoms with Crippen LogP contribution < -0.4 is 0 Å². The first-order chi connectivity index (χ1) is 7.19. The Morgan fingerprint density at radius 3 is 2.67 bits per heavy atom. The molecule has 4 nitrogen and oxygen atoms in total. The van der Waals surface area contributed by atoms with E-state index in [1.54, 1.807) is 0 Å². The average Bonchev–Trinajstić information content (AvgIpc) is 2.64. The largest absolute Gasteiger partial charge is 0.334 e. The van der Waals surface area contributed by atoms with Crippen LogP contribution in [0.5, 0.6) is 0 Å². The molecule has 15 heavy (non-hydrogen) atoms. The lowest BCUT2D eigenvalue weighted by Gasteiger charge is -1.98. The Hall–Kier alpha value is -1.97. The summed E-state index contributed by atoms with van der Waals surface area (Å²) in [5.41, 5.74) is 2.79. The molecule has 0 bridgehead atoms. The molecule has 2 heterocycles. The number of aryl methyl sites for hydroxylation is 2. The molecular weight excluding hydrogens is 190 g/mol. The van der Waals surface area contributed by atoms with Gasteiger partial charge in [-0.15, -0.1) is 0 Å². The second kappa shape index (κ2) is 3.65. The van der Waals surface area contributed by atoms with Crippen LogP contribution in [0.25, 0.3) is 17.6 Å². The fourth-order valence-corrected chi connectivity index (χ4v) is 1.38. The van der Waals surface area contributed by atoms with E-state index in [4.69, 9.17) is 4.52 Å². The van der Waals surface area contributed by atoms with Gasteiger partial charge in [-0.2, -0.15) is 4.98 Å². The maximum absolute atomic E-state index is 4.93. The summed E-state index contributed by atoms with van der Waals surface area (Å²) >= 11 is 0. The molecule has 0 N–H and O–H groups in total. The van der Waals surface area contributed by atoms with Crippen molar-refractivity contribution in [1.29, 1.82) is 0 Å². The van der Waals surface area contributed by atoms with Gasteiger partial charge in [-0.1, -0.05) is 11.7 Å². The molecule has 2 aromatic heterocycles. The van der Waals surface area contributed by atoms with Gasteiger partial charge in [0, 0.05) is 5.69 Å². The molecule has 0 amide bonds. The zero-order chi connectivity index (χ0) is 10.8. The van der Waals surface area contributed by atoms with E-state index >= 15 is 0 Å². The average molecular weight is 201 g/mol. The Balaban J connectivity index is 2.48. The maximum atomic E-state index is 4.93. The number of nitrogens with zero attached hydrogens (tertiary/aromatic N) is 3. The van der Waals surface area contributed by atoms with E-state index in [-0.39, 0.29) is 0 Å². The number of hydrogen-bond acceptors (Lipinski definition) is 4. The highest BCUT2D eigenvalue weighted by Gasteiger charge is 2.08. The van der Waals surface area contributed by atoms with Gasteiger partial charge < -0.3 is 4.52 Å². The number of hydrogen-bond donors (Lipinski definition) is 0. The first-order valence-electron chi connectivity index (χ1n) is 4.61. The lowest BCUT2D eigenvalue weighted by Crippen LogP contribution is -1.90. The van der Waals surface area contributed by atoms with Gasteiger partial charge in [-0.05, 0) is 37.6 Å². The fraction of sp³-hybridized carbons (Fsp3) is 0.182. The lowest BCUT2D eigenvalue weighted by molar-refractivity contribution is 0.411. The second-order valence-corrected chi connectivity index (χ2v) is 3.33. The minimum Gasteiger partial charge on any atom is -0.334 e. The summed E-state index contributed by atoms with van der Waals surface area (Å²) in [5.74, 6) is 0.905. The summed E-state index contributed by atoms with van der Waals surface area (Å²) in [6.07, 6.45) is 1.51. The van der Waals surface area contributed by atoms with Crippen LogP contribution in [0, 0.1) is 13.8 Å². The van der Waals surface area contributed by atoms with Crippen molar-refractivity contribution < 1.29 is 4.52 Å². The molecule has 0 aliphatic carbocycles. The summed E-state index contributed by atoms with van der Waals surface area (Å²) < 4.78 is 4.93. The molecule has 76 valence electrons. The smallest absolute Gasteiger partial charge is 0.250 e. The van der Waals surface area contributed by atoms with Crippen molar-refractivity contribution in [3.8, 4) is 11.5 Å². The topological polar surface area (TPSA) is 51.8 Å². The van der Waals surface area contributed by atoms with Gasteiger partial charge in [-0.3, -0.25) is 0 Å². The summed E-state index contributed by atoms with van der Waals surface area (Å²) in [6.45, 7) is 7.50. The maximum Gasteiger partial charge on any atom is 0.250 e. The van der Waals surface area contributed by atoms with Gasteiger partial charge >= 0.3 is 0 Å². The van der Waals surface area contributed by atoms with Gasteiger partial charge in [0.2, 0.25) is 11.7 Å². The SMILES string of the molecule is C=Cc1nc(-c2cc(C)cc(C)n2)no1. The third kappa shape index (κ3) is 1.93. The molecule has 0 spiro atoms. The van der Waals surface area contributed by atoms with E-state index in [2.05, 4.69) is 21.7 Å². The van der Waals surface area contributed by atoms with E-state index in [0.29, 0.717) is 11.7 Å². The van der Waals surface area contributed by atoms with Crippen molar-refractivity contribution in [2.75, 3.05) is 0 Å². The number of aromatic nitrogens is 3. The second-order valence-electron chi connectivity index (χ2n) is 3.33. The molecule has 0 atom stereocenters. The molecule has 0 radical (unpaired) electrons. The fourth-order valence-electron chi connectivity index (χ4n) is 1.38. The Morgan fingerprint density at radius 1 is 1.27 bits per heavy atom. The molecular formula is C11H11N3O. The molecule has 0 saturated carbocycles.